The van der Waals surface area contributed by atoms with Crippen molar-refractivity contribution >= 4 is 79.6 Å². The standard InChI is InChI=1S/C39H31Cl2F6N7O2S2/c1-52(15-14-48-34(55)54(31-13-5-9-27(21-31)39(45,46)47)37-51-33(23-58-37)25-7-3-11-29(41)19-25)16-17-53(35(56)49-30-12-4-8-26(20-30)38(42,43)44)36-50-32(22-57-36)24-6-2-10-28(40)18-24/h2-13,18-23H,14-17H2,1H3,(H,48,55)(H,49,56). The van der Waals surface area contributed by atoms with Crippen LogP contribution in [0, 0.1) is 0 Å². The molecule has 4 amide bonds. The van der Waals surface area contributed by atoms with Crippen LogP contribution in [0.1, 0.15) is 11.1 Å². The van der Waals surface area contributed by atoms with Gasteiger partial charge in [0.2, 0.25) is 0 Å². The quantitative estimate of drug-likeness (QED) is 0.119. The van der Waals surface area contributed by atoms with Crippen LogP contribution in [-0.4, -0.2) is 60.2 Å². The van der Waals surface area contributed by atoms with Crippen LogP contribution in [-0.2, 0) is 12.4 Å². The number of nitrogens with one attached hydrogen (secondary N) is 2. The van der Waals surface area contributed by atoms with E-state index in [1.807, 2.05) is 0 Å². The number of alkyl halides is 6. The highest BCUT2D eigenvalue weighted by Gasteiger charge is 2.33. The normalized spacial score (nSPS) is 11.8. The zero-order chi connectivity index (χ0) is 41.6. The lowest BCUT2D eigenvalue weighted by atomic mass is 10.2. The summed E-state index contributed by atoms with van der Waals surface area (Å²) in [6.45, 7) is 0.497. The number of benzene rings is 4. The second kappa shape index (κ2) is 18.2. The number of thiazole rings is 2. The molecule has 302 valence electrons. The molecule has 0 radical (unpaired) electrons. The van der Waals surface area contributed by atoms with Crippen LogP contribution in [0.15, 0.2) is 108 Å². The zero-order valence-electron chi connectivity index (χ0n) is 30.1. The van der Waals surface area contributed by atoms with Crippen molar-refractivity contribution in [3.05, 3.63) is 129 Å². The van der Waals surface area contributed by atoms with Gasteiger partial charge in [-0.3, -0.25) is 4.90 Å². The van der Waals surface area contributed by atoms with Crippen molar-refractivity contribution in [1.82, 2.24) is 20.2 Å². The third-order valence-corrected chi connectivity index (χ3v) is 10.6. The Hall–Kier alpha value is -5.20. The van der Waals surface area contributed by atoms with Crippen molar-refractivity contribution < 1.29 is 35.9 Å². The maximum atomic E-state index is 13.7. The predicted molar refractivity (Wildman–Crippen MR) is 217 cm³/mol. The Balaban J connectivity index is 1.16. The van der Waals surface area contributed by atoms with E-state index in [1.54, 1.807) is 71.2 Å². The molecule has 19 heteroatoms. The van der Waals surface area contributed by atoms with Gasteiger partial charge in [0.1, 0.15) is 0 Å². The SMILES string of the molecule is CN(CCNC(=O)N(c1cccc(C(F)(F)F)c1)c1nc(-c2cccc(Cl)c2)cs1)CCN(C(=O)Nc1cccc(C(F)(F)F)c1)c1nc(-c2cccc(Cl)c2)cs1. The molecule has 0 saturated heterocycles. The summed E-state index contributed by atoms with van der Waals surface area (Å²) in [5.41, 5.74) is 0.327. The second-order valence-corrected chi connectivity index (χ2v) is 15.2. The van der Waals surface area contributed by atoms with Crippen LogP contribution in [0.2, 0.25) is 10.0 Å². The molecule has 6 aromatic rings. The third-order valence-electron chi connectivity index (χ3n) is 8.44. The summed E-state index contributed by atoms with van der Waals surface area (Å²) >= 11 is 14.5. The lowest BCUT2D eigenvalue weighted by Crippen LogP contribution is -2.43. The summed E-state index contributed by atoms with van der Waals surface area (Å²) in [4.78, 5) is 40.7. The van der Waals surface area contributed by atoms with E-state index in [2.05, 4.69) is 20.6 Å². The van der Waals surface area contributed by atoms with Gasteiger partial charge in [0, 0.05) is 63.8 Å². The maximum Gasteiger partial charge on any atom is 0.416 e. The van der Waals surface area contributed by atoms with Gasteiger partial charge in [-0.15, -0.1) is 22.7 Å². The second-order valence-electron chi connectivity index (χ2n) is 12.6. The van der Waals surface area contributed by atoms with E-state index >= 15 is 0 Å². The molecule has 2 N–H and O–H groups in total. The highest BCUT2D eigenvalue weighted by Crippen LogP contribution is 2.37. The first kappa shape index (κ1) is 42.4. The average Bonchev–Trinajstić information content (AvgIpc) is 3.86. The van der Waals surface area contributed by atoms with Gasteiger partial charge in [-0.05, 0) is 67.7 Å². The highest BCUT2D eigenvalue weighted by molar-refractivity contribution is 7.14. The third kappa shape index (κ3) is 10.8. The number of hydrogen-bond acceptors (Lipinski definition) is 7. The summed E-state index contributed by atoms with van der Waals surface area (Å²) in [6, 6.07) is 20.9. The largest absolute Gasteiger partial charge is 0.416 e. The summed E-state index contributed by atoms with van der Waals surface area (Å²) in [5, 5.41) is 9.98. The molecule has 0 aliphatic rings. The van der Waals surface area contributed by atoms with Crippen molar-refractivity contribution in [3.63, 3.8) is 0 Å². The Morgan fingerprint density at radius 2 is 1.22 bits per heavy atom. The molecule has 0 fully saturated rings. The zero-order valence-corrected chi connectivity index (χ0v) is 33.3. The fourth-order valence-electron chi connectivity index (χ4n) is 5.52. The smallest absolute Gasteiger partial charge is 0.336 e. The molecule has 0 atom stereocenters. The van der Waals surface area contributed by atoms with Gasteiger partial charge >= 0.3 is 24.4 Å². The van der Waals surface area contributed by atoms with E-state index in [1.165, 1.54) is 29.2 Å². The van der Waals surface area contributed by atoms with Gasteiger partial charge in [0.05, 0.1) is 28.2 Å². The van der Waals surface area contributed by atoms with E-state index in [9.17, 15) is 35.9 Å². The summed E-state index contributed by atoms with van der Waals surface area (Å²) < 4.78 is 81.4. The van der Waals surface area contributed by atoms with Gasteiger partial charge in [-0.2, -0.15) is 26.3 Å². The first-order valence-electron chi connectivity index (χ1n) is 17.2. The molecular weight excluding hydrogens is 848 g/mol. The molecule has 0 aliphatic heterocycles. The number of halogens is 8. The molecule has 0 bridgehead atoms. The van der Waals surface area contributed by atoms with Crippen molar-refractivity contribution in [3.8, 4) is 22.5 Å². The monoisotopic (exact) mass is 877 g/mol. The van der Waals surface area contributed by atoms with Crippen LogP contribution < -0.4 is 20.4 Å². The number of carbonyl (C=O) groups is 2. The van der Waals surface area contributed by atoms with Crippen LogP contribution in [0.3, 0.4) is 0 Å². The van der Waals surface area contributed by atoms with E-state index in [0.717, 1.165) is 51.8 Å². The summed E-state index contributed by atoms with van der Waals surface area (Å²) in [7, 11) is 1.72. The molecule has 9 nitrogen and oxygen atoms in total. The molecule has 2 heterocycles. The summed E-state index contributed by atoms with van der Waals surface area (Å²) in [6.07, 6.45) is -9.28. The Bertz CT molecular complexity index is 2390. The van der Waals surface area contributed by atoms with Gasteiger partial charge in [-0.25, -0.2) is 24.5 Å². The Morgan fingerprint density at radius 1 is 0.672 bits per heavy atom. The Morgan fingerprint density at radius 3 is 1.83 bits per heavy atom. The molecule has 0 aliphatic carbocycles. The topological polar surface area (TPSA) is 93.7 Å². The fourth-order valence-corrected chi connectivity index (χ4v) is 7.60. The van der Waals surface area contributed by atoms with Crippen LogP contribution in [0.5, 0.6) is 0 Å². The minimum atomic E-state index is -4.66. The van der Waals surface area contributed by atoms with Gasteiger partial charge in [-0.1, -0.05) is 59.6 Å². The molecular formula is C39H31Cl2F6N7O2S2. The van der Waals surface area contributed by atoms with Crippen molar-refractivity contribution in [1.29, 1.82) is 0 Å². The number of aromatic nitrogens is 2. The number of carbonyl (C=O) groups excluding carboxylic acids is 2. The molecule has 0 saturated carbocycles. The average molecular weight is 879 g/mol. The fraction of sp³-hybridized carbons (Fsp3) is 0.179. The lowest BCUT2D eigenvalue weighted by molar-refractivity contribution is -0.138. The van der Waals surface area contributed by atoms with Crippen molar-refractivity contribution in [2.24, 2.45) is 0 Å². The number of amides is 4. The number of anilines is 4. The molecule has 6 rings (SSSR count). The first-order valence-corrected chi connectivity index (χ1v) is 19.7. The predicted octanol–water partition coefficient (Wildman–Crippen LogP) is 11.8. The summed E-state index contributed by atoms with van der Waals surface area (Å²) in [5.74, 6) is 0. The van der Waals surface area contributed by atoms with Gasteiger partial charge in [0.15, 0.2) is 10.3 Å². The molecule has 4 aromatic carbocycles. The number of nitrogens with zero attached hydrogens (tertiary/aromatic N) is 5. The van der Waals surface area contributed by atoms with E-state index in [4.69, 9.17) is 23.2 Å². The van der Waals surface area contributed by atoms with E-state index in [-0.39, 0.29) is 47.8 Å². The maximum absolute atomic E-state index is 13.7. The first-order chi connectivity index (χ1) is 27.5. The number of rotatable bonds is 12. The molecule has 2 aromatic heterocycles. The van der Waals surface area contributed by atoms with Crippen LogP contribution >= 0.6 is 45.9 Å². The van der Waals surface area contributed by atoms with Crippen molar-refractivity contribution in [2.75, 3.05) is 48.3 Å². The van der Waals surface area contributed by atoms with Gasteiger partial charge < -0.3 is 15.5 Å². The number of urea groups is 2. The van der Waals surface area contributed by atoms with Crippen LogP contribution in [0.25, 0.3) is 22.5 Å². The molecule has 58 heavy (non-hydrogen) atoms. The lowest BCUT2D eigenvalue weighted by Gasteiger charge is -2.25. The Kier molecular flexibility index (Phi) is 13.3. The minimum Gasteiger partial charge on any atom is -0.336 e. The Labute approximate surface area is 346 Å². The molecule has 0 unspecified atom stereocenters. The minimum absolute atomic E-state index is 0.0273. The van der Waals surface area contributed by atoms with Gasteiger partial charge in [0.25, 0.3) is 0 Å². The molecule has 0 spiro atoms. The van der Waals surface area contributed by atoms with Crippen LogP contribution in [0.4, 0.5) is 57.6 Å². The van der Waals surface area contributed by atoms with E-state index < -0.39 is 35.5 Å². The number of hydrogen-bond donors (Lipinski definition) is 2. The van der Waals surface area contributed by atoms with E-state index in [0.29, 0.717) is 32.6 Å². The number of likely N-dealkylation sites (N-methyl/N-ethyl adjacent to an activating group) is 1. The van der Waals surface area contributed by atoms with Crippen molar-refractivity contribution in [2.45, 2.75) is 12.4 Å². The highest BCUT2D eigenvalue weighted by atomic mass is 35.5.